The Labute approximate surface area is 171 Å². The number of fused-ring (bicyclic) bond motifs is 1. The van der Waals surface area contributed by atoms with Gasteiger partial charge < -0.3 is 10.0 Å². The van der Waals surface area contributed by atoms with E-state index in [2.05, 4.69) is 35.5 Å². The molecule has 28 heavy (non-hydrogen) atoms. The van der Waals surface area contributed by atoms with Crippen LogP contribution in [-0.4, -0.2) is 41.1 Å². The molecule has 4 rings (SSSR count). The second-order valence-electron chi connectivity index (χ2n) is 8.51. The Balaban J connectivity index is 1.41. The van der Waals surface area contributed by atoms with Crippen LogP contribution < -0.4 is 0 Å². The molecule has 1 aromatic carbocycles. The zero-order valence-electron chi connectivity index (χ0n) is 16.7. The topological polar surface area (TPSA) is 53.4 Å². The van der Waals surface area contributed by atoms with Crippen LogP contribution >= 0.6 is 11.3 Å². The van der Waals surface area contributed by atoms with E-state index in [0.29, 0.717) is 18.3 Å². The third kappa shape index (κ3) is 4.64. The molecule has 2 aromatic rings. The predicted molar refractivity (Wildman–Crippen MR) is 114 cm³/mol. The standard InChI is InChI=1S/C23H30N2O2S/c1-25-12-10-17-7-8-20(14-19(17)11-13-25)21-15-28-23(24-21)18-5-2-16(3-6-18)4-9-22(26)27/h7-8,14-16,18H,2-6,9-13H2,1H3,(H,26,27). The van der Waals surface area contributed by atoms with Gasteiger partial charge in [-0.05, 0) is 75.1 Å². The molecular weight excluding hydrogens is 368 g/mol. The first kappa shape index (κ1) is 19.6. The number of carbonyl (C=O) groups is 1. The van der Waals surface area contributed by atoms with Gasteiger partial charge in [-0.15, -0.1) is 11.3 Å². The van der Waals surface area contributed by atoms with Crippen LogP contribution in [0.5, 0.6) is 0 Å². The van der Waals surface area contributed by atoms with Crippen molar-refractivity contribution >= 4 is 17.3 Å². The normalized spacial score (nSPS) is 23.2. The maximum atomic E-state index is 10.8. The van der Waals surface area contributed by atoms with Crippen molar-refractivity contribution in [2.75, 3.05) is 20.1 Å². The molecule has 0 bridgehead atoms. The molecule has 0 spiro atoms. The van der Waals surface area contributed by atoms with Gasteiger partial charge in [0.05, 0.1) is 10.7 Å². The van der Waals surface area contributed by atoms with Crippen molar-refractivity contribution < 1.29 is 9.90 Å². The fourth-order valence-electron chi connectivity index (χ4n) is 4.63. The summed E-state index contributed by atoms with van der Waals surface area (Å²) in [5.74, 6) is 0.461. The molecule has 5 heteroatoms. The third-order valence-electron chi connectivity index (χ3n) is 6.51. The average molecular weight is 399 g/mol. The lowest BCUT2D eigenvalue weighted by molar-refractivity contribution is -0.137. The van der Waals surface area contributed by atoms with Crippen LogP contribution in [0.3, 0.4) is 0 Å². The molecule has 0 atom stereocenters. The molecule has 0 amide bonds. The molecule has 1 aliphatic carbocycles. The maximum Gasteiger partial charge on any atom is 0.303 e. The summed E-state index contributed by atoms with van der Waals surface area (Å²) in [4.78, 5) is 18.2. The van der Waals surface area contributed by atoms with Crippen molar-refractivity contribution in [1.82, 2.24) is 9.88 Å². The Hall–Kier alpha value is -1.72. The molecule has 0 unspecified atom stereocenters. The van der Waals surface area contributed by atoms with Gasteiger partial charge in [-0.3, -0.25) is 4.79 Å². The quantitative estimate of drug-likeness (QED) is 0.772. The van der Waals surface area contributed by atoms with E-state index in [1.807, 2.05) is 0 Å². The minimum Gasteiger partial charge on any atom is -0.481 e. The first-order valence-corrected chi connectivity index (χ1v) is 11.4. The highest BCUT2D eigenvalue weighted by Crippen LogP contribution is 2.39. The van der Waals surface area contributed by atoms with E-state index in [1.165, 1.54) is 21.7 Å². The van der Waals surface area contributed by atoms with Gasteiger partial charge in [0.1, 0.15) is 0 Å². The van der Waals surface area contributed by atoms with E-state index in [1.54, 1.807) is 11.3 Å². The Morgan fingerprint density at radius 2 is 1.93 bits per heavy atom. The van der Waals surface area contributed by atoms with Crippen LogP contribution in [0.25, 0.3) is 11.3 Å². The van der Waals surface area contributed by atoms with Crippen LogP contribution in [0.4, 0.5) is 0 Å². The summed E-state index contributed by atoms with van der Waals surface area (Å²) in [5.41, 5.74) is 5.34. The number of thiazole rings is 1. The molecule has 1 N–H and O–H groups in total. The highest BCUT2D eigenvalue weighted by Gasteiger charge is 2.25. The van der Waals surface area contributed by atoms with E-state index >= 15 is 0 Å². The SMILES string of the molecule is CN1CCc2ccc(-c3csc(C4CCC(CCC(=O)O)CC4)n3)cc2CC1. The van der Waals surface area contributed by atoms with Gasteiger partial charge >= 0.3 is 5.97 Å². The lowest BCUT2D eigenvalue weighted by Gasteiger charge is -2.26. The van der Waals surface area contributed by atoms with Crippen molar-refractivity contribution in [3.8, 4) is 11.3 Å². The molecule has 1 aliphatic heterocycles. The molecule has 0 saturated heterocycles. The average Bonchev–Trinajstić information content (AvgIpc) is 3.12. The molecular formula is C23H30N2O2S. The van der Waals surface area contributed by atoms with Crippen molar-refractivity contribution in [2.24, 2.45) is 5.92 Å². The number of hydrogen-bond donors (Lipinski definition) is 1. The summed E-state index contributed by atoms with van der Waals surface area (Å²) in [6, 6.07) is 6.90. The van der Waals surface area contributed by atoms with Crippen molar-refractivity contribution in [1.29, 1.82) is 0 Å². The zero-order valence-corrected chi connectivity index (χ0v) is 17.5. The molecule has 0 radical (unpaired) electrons. The highest BCUT2D eigenvalue weighted by molar-refractivity contribution is 7.10. The van der Waals surface area contributed by atoms with Crippen LogP contribution in [-0.2, 0) is 17.6 Å². The molecule has 2 aliphatic rings. The van der Waals surface area contributed by atoms with Crippen LogP contribution in [0.1, 0.15) is 60.6 Å². The summed E-state index contributed by atoms with van der Waals surface area (Å²) < 4.78 is 0. The van der Waals surface area contributed by atoms with Crippen LogP contribution in [0, 0.1) is 5.92 Å². The lowest BCUT2D eigenvalue weighted by Crippen LogP contribution is -2.20. The highest BCUT2D eigenvalue weighted by atomic mass is 32.1. The van der Waals surface area contributed by atoms with Crippen LogP contribution in [0.2, 0.25) is 0 Å². The Bertz CT molecular complexity index is 824. The smallest absolute Gasteiger partial charge is 0.303 e. The number of carboxylic acid groups (broad SMARTS) is 1. The Morgan fingerprint density at radius 1 is 1.18 bits per heavy atom. The van der Waals surface area contributed by atoms with E-state index in [-0.39, 0.29) is 0 Å². The number of rotatable bonds is 5. The first-order chi connectivity index (χ1) is 13.6. The van der Waals surface area contributed by atoms with Gasteiger partial charge in [0.25, 0.3) is 0 Å². The molecule has 1 saturated carbocycles. The monoisotopic (exact) mass is 398 g/mol. The van der Waals surface area contributed by atoms with Gasteiger partial charge in [0.2, 0.25) is 0 Å². The first-order valence-electron chi connectivity index (χ1n) is 10.6. The maximum absolute atomic E-state index is 10.8. The van der Waals surface area contributed by atoms with E-state index in [9.17, 15) is 4.79 Å². The zero-order chi connectivity index (χ0) is 19.5. The minimum atomic E-state index is -0.668. The van der Waals surface area contributed by atoms with Crippen LogP contribution in [0.15, 0.2) is 23.6 Å². The van der Waals surface area contributed by atoms with E-state index in [0.717, 1.165) is 63.7 Å². The molecule has 150 valence electrons. The number of benzene rings is 1. The second kappa shape index (κ2) is 8.75. The summed E-state index contributed by atoms with van der Waals surface area (Å²) in [7, 11) is 2.20. The van der Waals surface area contributed by atoms with Crippen molar-refractivity contribution in [3.63, 3.8) is 0 Å². The Kier molecular flexibility index (Phi) is 6.12. The van der Waals surface area contributed by atoms with Gasteiger partial charge in [-0.2, -0.15) is 0 Å². The van der Waals surface area contributed by atoms with Gasteiger partial charge in [0.15, 0.2) is 0 Å². The number of aliphatic carboxylic acids is 1. The van der Waals surface area contributed by atoms with Crippen molar-refractivity contribution in [3.05, 3.63) is 39.7 Å². The molecule has 2 heterocycles. The summed E-state index contributed by atoms with van der Waals surface area (Å²) in [6.07, 6.45) is 7.97. The summed E-state index contributed by atoms with van der Waals surface area (Å²) in [6.45, 7) is 2.27. The molecule has 1 fully saturated rings. The Morgan fingerprint density at radius 3 is 2.68 bits per heavy atom. The molecule has 1 aromatic heterocycles. The fourth-order valence-corrected chi connectivity index (χ4v) is 5.63. The molecule has 4 nitrogen and oxygen atoms in total. The van der Waals surface area contributed by atoms with Gasteiger partial charge in [0, 0.05) is 36.4 Å². The number of aromatic nitrogens is 1. The number of hydrogen-bond acceptors (Lipinski definition) is 4. The number of carboxylic acids is 1. The lowest BCUT2D eigenvalue weighted by atomic mass is 9.80. The fraction of sp³-hybridized carbons (Fsp3) is 0.565. The third-order valence-corrected chi connectivity index (χ3v) is 7.52. The van der Waals surface area contributed by atoms with E-state index in [4.69, 9.17) is 10.1 Å². The predicted octanol–water partition coefficient (Wildman–Crippen LogP) is 4.98. The van der Waals surface area contributed by atoms with E-state index < -0.39 is 5.97 Å². The van der Waals surface area contributed by atoms with Crippen molar-refractivity contribution in [2.45, 2.75) is 57.3 Å². The largest absolute Gasteiger partial charge is 0.481 e. The van der Waals surface area contributed by atoms with Gasteiger partial charge in [-0.1, -0.05) is 12.1 Å². The van der Waals surface area contributed by atoms with Gasteiger partial charge in [-0.25, -0.2) is 4.98 Å². The summed E-state index contributed by atoms with van der Waals surface area (Å²) in [5, 5.41) is 12.4. The second-order valence-corrected chi connectivity index (χ2v) is 9.40. The minimum absolute atomic E-state index is 0.310. The summed E-state index contributed by atoms with van der Waals surface area (Å²) >= 11 is 1.80. The number of nitrogens with zero attached hydrogens (tertiary/aromatic N) is 2. The number of likely N-dealkylation sites (N-methyl/N-ethyl adjacent to an activating group) is 1.